The Morgan fingerprint density at radius 2 is 1.93 bits per heavy atom. The second kappa shape index (κ2) is 4.53. The summed E-state index contributed by atoms with van der Waals surface area (Å²) in [6, 6.07) is 5.73. The molecule has 0 heterocycles. The third-order valence-corrected chi connectivity index (χ3v) is 1.72. The van der Waals surface area contributed by atoms with E-state index in [0.29, 0.717) is 11.8 Å². The van der Waals surface area contributed by atoms with Crippen molar-refractivity contribution in [3.05, 3.63) is 45.0 Å². The normalized spacial score (nSPS) is 11.1. The minimum atomic E-state index is -0.491. The van der Waals surface area contributed by atoms with Gasteiger partial charge < -0.3 is 0 Å². The molecule has 0 aromatic heterocycles. The molecule has 0 saturated heterocycles. The Balaban J connectivity index is 2.94. The molecule has 0 aliphatic heterocycles. The minimum absolute atomic E-state index is 0.00405. The fraction of sp³-hybridized carbons (Fsp3) is 0. The highest BCUT2D eigenvalue weighted by molar-refractivity contribution is 6.40. The third-order valence-electron chi connectivity index (χ3n) is 1.52. The van der Waals surface area contributed by atoms with E-state index in [2.05, 4.69) is 0 Å². The van der Waals surface area contributed by atoms with Crippen molar-refractivity contribution in [1.29, 1.82) is 0 Å². The molecule has 0 fully saturated rings. The van der Waals surface area contributed by atoms with Crippen molar-refractivity contribution in [2.75, 3.05) is 0 Å². The van der Waals surface area contributed by atoms with Crippen molar-refractivity contribution >= 4 is 29.7 Å². The molecule has 1 rings (SSSR count). The standard InChI is InChI=1S/C9H6ClNO3/c10-8(6-12)5-7-1-3-9(4-2-7)11(13)14/h1-6H. The zero-order valence-corrected chi connectivity index (χ0v) is 7.77. The number of halogens is 1. The van der Waals surface area contributed by atoms with Gasteiger partial charge in [-0.3, -0.25) is 14.9 Å². The number of carbonyl (C=O) groups is 1. The van der Waals surface area contributed by atoms with E-state index < -0.39 is 4.92 Å². The monoisotopic (exact) mass is 211 g/mol. The van der Waals surface area contributed by atoms with Crippen molar-refractivity contribution in [2.45, 2.75) is 0 Å². The van der Waals surface area contributed by atoms with E-state index in [4.69, 9.17) is 11.6 Å². The predicted octanol–water partition coefficient (Wildman–Crippen LogP) is 2.37. The lowest BCUT2D eigenvalue weighted by atomic mass is 10.2. The molecule has 4 nitrogen and oxygen atoms in total. The van der Waals surface area contributed by atoms with E-state index in [-0.39, 0.29) is 10.7 Å². The maximum absolute atomic E-state index is 10.3. The molecule has 0 N–H and O–H groups in total. The Morgan fingerprint density at radius 1 is 1.36 bits per heavy atom. The van der Waals surface area contributed by atoms with Crippen molar-refractivity contribution in [3.63, 3.8) is 0 Å². The van der Waals surface area contributed by atoms with Crippen molar-refractivity contribution in [3.8, 4) is 0 Å². The molecule has 1 aromatic rings. The lowest BCUT2D eigenvalue weighted by Gasteiger charge is -1.93. The number of aldehydes is 1. The third kappa shape index (κ3) is 2.67. The number of hydrogen-bond donors (Lipinski definition) is 0. The largest absolute Gasteiger partial charge is 0.297 e. The first-order valence-corrected chi connectivity index (χ1v) is 4.08. The van der Waals surface area contributed by atoms with Crippen LogP contribution in [-0.2, 0) is 4.79 Å². The van der Waals surface area contributed by atoms with Crippen LogP contribution in [0.15, 0.2) is 29.3 Å². The summed E-state index contributed by atoms with van der Waals surface area (Å²) in [6.45, 7) is 0. The van der Waals surface area contributed by atoms with Crippen LogP contribution in [0.3, 0.4) is 0 Å². The molecular weight excluding hydrogens is 206 g/mol. The smallest absolute Gasteiger partial charge is 0.269 e. The number of rotatable bonds is 3. The molecule has 0 bridgehead atoms. The van der Waals surface area contributed by atoms with Gasteiger partial charge >= 0.3 is 0 Å². The quantitative estimate of drug-likeness (QED) is 0.334. The summed E-state index contributed by atoms with van der Waals surface area (Å²) in [5.41, 5.74) is 0.650. The van der Waals surface area contributed by atoms with Gasteiger partial charge in [0.05, 0.1) is 9.96 Å². The molecule has 72 valence electrons. The van der Waals surface area contributed by atoms with Crippen LogP contribution >= 0.6 is 11.6 Å². The Bertz CT molecular complexity index is 384. The number of carbonyl (C=O) groups excluding carboxylic acids is 1. The van der Waals surface area contributed by atoms with E-state index >= 15 is 0 Å². The van der Waals surface area contributed by atoms with Crippen LogP contribution in [0.5, 0.6) is 0 Å². The van der Waals surface area contributed by atoms with E-state index in [1.54, 1.807) is 0 Å². The number of non-ortho nitro benzene ring substituents is 1. The molecule has 0 amide bonds. The maximum atomic E-state index is 10.3. The number of hydrogen-bond acceptors (Lipinski definition) is 3. The zero-order chi connectivity index (χ0) is 10.6. The highest BCUT2D eigenvalue weighted by atomic mass is 35.5. The van der Waals surface area contributed by atoms with E-state index in [9.17, 15) is 14.9 Å². The summed E-state index contributed by atoms with van der Waals surface area (Å²) in [7, 11) is 0. The van der Waals surface area contributed by atoms with Gasteiger partial charge in [0.15, 0.2) is 6.29 Å². The first kappa shape index (κ1) is 10.4. The average Bonchev–Trinajstić information content (AvgIpc) is 2.18. The maximum Gasteiger partial charge on any atom is 0.269 e. The SMILES string of the molecule is O=CC(Cl)=Cc1ccc([N+](=O)[O-])cc1. The lowest BCUT2D eigenvalue weighted by Crippen LogP contribution is -1.86. The molecule has 14 heavy (non-hydrogen) atoms. The summed E-state index contributed by atoms with van der Waals surface area (Å²) >= 11 is 5.46. The number of nitro benzene ring substituents is 1. The Labute approximate surface area is 85.0 Å². The van der Waals surface area contributed by atoms with Gasteiger partial charge in [0, 0.05) is 12.1 Å². The molecule has 5 heteroatoms. The van der Waals surface area contributed by atoms with Crippen LogP contribution in [0.4, 0.5) is 5.69 Å². The molecule has 0 spiro atoms. The van der Waals surface area contributed by atoms with Crippen LogP contribution in [0.25, 0.3) is 6.08 Å². The van der Waals surface area contributed by atoms with Gasteiger partial charge in [-0.1, -0.05) is 11.6 Å². The van der Waals surface area contributed by atoms with Gasteiger partial charge in [0.1, 0.15) is 0 Å². The molecular formula is C9H6ClNO3. The highest BCUT2D eigenvalue weighted by Gasteiger charge is 2.02. The lowest BCUT2D eigenvalue weighted by molar-refractivity contribution is -0.384. The van der Waals surface area contributed by atoms with Gasteiger partial charge in [-0.2, -0.15) is 0 Å². The first-order valence-electron chi connectivity index (χ1n) is 3.70. The Morgan fingerprint density at radius 3 is 2.36 bits per heavy atom. The summed E-state index contributed by atoms with van der Waals surface area (Å²) in [4.78, 5) is 20.0. The second-order valence-electron chi connectivity index (χ2n) is 2.50. The van der Waals surface area contributed by atoms with E-state index in [1.165, 1.54) is 30.3 Å². The van der Waals surface area contributed by atoms with Gasteiger partial charge in [0.25, 0.3) is 5.69 Å². The summed E-state index contributed by atoms with van der Waals surface area (Å²) in [5.74, 6) is 0. The predicted molar refractivity (Wildman–Crippen MR) is 53.0 cm³/mol. The molecule has 0 aliphatic rings. The van der Waals surface area contributed by atoms with Gasteiger partial charge in [-0.25, -0.2) is 0 Å². The van der Waals surface area contributed by atoms with Crippen molar-refractivity contribution < 1.29 is 9.72 Å². The van der Waals surface area contributed by atoms with Crippen molar-refractivity contribution in [2.24, 2.45) is 0 Å². The molecule has 0 saturated carbocycles. The Hall–Kier alpha value is -1.68. The number of benzene rings is 1. The fourth-order valence-corrected chi connectivity index (χ4v) is 1.01. The number of nitrogens with zero attached hydrogens (tertiary/aromatic N) is 1. The molecule has 0 atom stereocenters. The van der Waals surface area contributed by atoms with Crippen molar-refractivity contribution in [1.82, 2.24) is 0 Å². The Kier molecular flexibility index (Phi) is 3.36. The van der Waals surface area contributed by atoms with E-state index in [1.807, 2.05) is 0 Å². The second-order valence-corrected chi connectivity index (χ2v) is 2.93. The molecule has 1 aromatic carbocycles. The summed E-state index contributed by atoms with van der Waals surface area (Å²) < 4.78 is 0. The fourth-order valence-electron chi connectivity index (χ4n) is 0.886. The molecule has 0 unspecified atom stereocenters. The van der Waals surface area contributed by atoms with Crippen LogP contribution < -0.4 is 0 Å². The van der Waals surface area contributed by atoms with Crippen LogP contribution in [0.2, 0.25) is 0 Å². The summed E-state index contributed by atoms with van der Waals surface area (Å²) in [5, 5.41) is 10.4. The highest BCUT2D eigenvalue weighted by Crippen LogP contribution is 2.14. The number of nitro groups is 1. The molecule has 0 radical (unpaired) electrons. The first-order chi connectivity index (χ1) is 6.63. The minimum Gasteiger partial charge on any atom is -0.297 e. The molecule has 0 aliphatic carbocycles. The van der Waals surface area contributed by atoms with Gasteiger partial charge in [-0.15, -0.1) is 0 Å². The van der Waals surface area contributed by atoms with E-state index in [0.717, 1.165) is 0 Å². The van der Waals surface area contributed by atoms with Gasteiger partial charge in [0.2, 0.25) is 0 Å². The van der Waals surface area contributed by atoms with Crippen LogP contribution in [-0.4, -0.2) is 11.2 Å². The number of allylic oxidation sites excluding steroid dienone is 1. The summed E-state index contributed by atoms with van der Waals surface area (Å²) in [6.07, 6.45) is 1.93. The van der Waals surface area contributed by atoms with Crippen LogP contribution in [0, 0.1) is 10.1 Å². The van der Waals surface area contributed by atoms with Gasteiger partial charge in [-0.05, 0) is 23.8 Å². The zero-order valence-electron chi connectivity index (χ0n) is 7.01. The average molecular weight is 212 g/mol. The topological polar surface area (TPSA) is 60.2 Å². The van der Waals surface area contributed by atoms with Crippen LogP contribution in [0.1, 0.15) is 5.56 Å².